The van der Waals surface area contributed by atoms with Crippen molar-refractivity contribution in [2.75, 3.05) is 6.54 Å². The maximum atomic E-state index is 12.1. The van der Waals surface area contributed by atoms with Gasteiger partial charge in [0.1, 0.15) is 0 Å². The van der Waals surface area contributed by atoms with E-state index in [1.807, 2.05) is 6.08 Å². The predicted molar refractivity (Wildman–Crippen MR) is 81.1 cm³/mol. The molecule has 112 valence electrons. The number of carbonyl (C=O) groups is 2. The number of hydrogen-bond donors (Lipinski definition) is 1. The molecule has 1 aromatic carbocycles. The molecule has 0 unspecified atom stereocenters. The lowest BCUT2D eigenvalue weighted by atomic mass is 10.1. The number of hydrogen-bond acceptors (Lipinski definition) is 3. The molecule has 2 amide bonds. The average Bonchev–Trinajstić information content (AvgIpc) is 2.73. The summed E-state index contributed by atoms with van der Waals surface area (Å²) in [6.07, 6.45) is 5.23. The maximum absolute atomic E-state index is 12.1. The number of carbonyl (C=O) groups excluding carboxylic acids is 2. The first-order chi connectivity index (χ1) is 10.1. The van der Waals surface area contributed by atoms with Crippen LogP contribution in [0.5, 0.6) is 0 Å². The van der Waals surface area contributed by atoms with Crippen molar-refractivity contribution in [3.63, 3.8) is 0 Å². The number of rotatable bonds is 8. The lowest BCUT2D eigenvalue weighted by Gasteiger charge is -2.15. The number of aliphatic hydroxyl groups is 1. The van der Waals surface area contributed by atoms with Gasteiger partial charge >= 0.3 is 0 Å². The number of unbranched alkanes of at least 4 members (excludes halogenated alkanes) is 1. The number of benzene rings is 1. The lowest BCUT2D eigenvalue weighted by molar-refractivity contribution is 0.0639. The van der Waals surface area contributed by atoms with Crippen molar-refractivity contribution in [1.82, 2.24) is 4.90 Å². The van der Waals surface area contributed by atoms with Crippen molar-refractivity contribution in [3.8, 4) is 0 Å². The number of imide groups is 1. The number of aliphatic hydroxyl groups excluding tert-OH is 1. The van der Waals surface area contributed by atoms with Crippen LogP contribution in [0.25, 0.3) is 0 Å². The Bertz CT molecular complexity index is 504. The van der Waals surface area contributed by atoms with Gasteiger partial charge in [-0.1, -0.05) is 18.2 Å². The van der Waals surface area contributed by atoms with Crippen LogP contribution in [0.15, 0.2) is 36.9 Å². The maximum Gasteiger partial charge on any atom is 0.261 e. The Kier molecular flexibility index (Phi) is 5.28. The highest BCUT2D eigenvalue weighted by molar-refractivity contribution is 6.21. The summed E-state index contributed by atoms with van der Waals surface area (Å²) in [4.78, 5) is 25.5. The molecule has 1 aliphatic heterocycles. The SMILES string of the molecule is C=CCCC[C@@H](O)CCCN1C(=O)c2ccccc2C1=O. The number of amides is 2. The van der Waals surface area contributed by atoms with Gasteiger partial charge in [0.2, 0.25) is 0 Å². The summed E-state index contributed by atoms with van der Waals surface area (Å²) >= 11 is 0. The largest absolute Gasteiger partial charge is 0.393 e. The van der Waals surface area contributed by atoms with E-state index in [9.17, 15) is 14.7 Å². The molecule has 0 spiro atoms. The van der Waals surface area contributed by atoms with E-state index in [0.717, 1.165) is 19.3 Å². The number of fused-ring (bicyclic) bond motifs is 1. The van der Waals surface area contributed by atoms with Crippen LogP contribution in [0.4, 0.5) is 0 Å². The molecule has 1 N–H and O–H groups in total. The van der Waals surface area contributed by atoms with Crippen LogP contribution in [-0.4, -0.2) is 34.5 Å². The van der Waals surface area contributed by atoms with E-state index in [1.165, 1.54) is 4.90 Å². The van der Waals surface area contributed by atoms with Crippen LogP contribution in [0.1, 0.15) is 52.8 Å². The van der Waals surface area contributed by atoms with Crippen molar-refractivity contribution in [2.45, 2.75) is 38.2 Å². The van der Waals surface area contributed by atoms with Gasteiger partial charge in [0.15, 0.2) is 0 Å². The highest BCUT2D eigenvalue weighted by Crippen LogP contribution is 2.22. The Balaban J connectivity index is 1.81. The molecular weight excluding hydrogens is 266 g/mol. The van der Waals surface area contributed by atoms with Crippen molar-refractivity contribution in [2.24, 2.45) is 0 Å². The molecular formula is C17H21NO3. The van der Waals surface area contributed by atoms with E-state index in [0.29, 0.717) is 30.5 Å². The zero-order valence-electron chi connectivity index (χ0n) is 12.1. The van der Waals surface area contributed by atoms with Gasteiger partial charge in [-0.25, -0.2) is 0 Å². The first-order valence-electron chi connectivity index (χ1n) is 7.39. The van der Waals surface area contributed by atoms with Crippen molar-refractivity contribution >= 4 is 11.8 Å². The molecule has 1 atom stereocenters. The van der Waals surface area contributed by atoms with E-state index >= 15 is 0 Å². The second-order valence-corrected chi connectivity index (χ2v) is 5.32. The fourth-order valence-corrected chi connectivity index (χ4v) is 2.57. The fourth-order valence-electron chi connectivity index (χ4n) is 2.57. The Morgan fingerprint density at radius 1 is 1.10 bits per heavy atom. The van der Waals surface area contributed by atoms with Gasteiger partial charge in [0.05, 0.1) is 17.2 Å². The van der Waals surface area contributed by atoms with E-state index in [2.05, 4.69) is 6.58 Å². The molecule has 0 radical (unpaired) electrons. The number of nitrogens with zero attached hydrogens (tertiary/aromatic N) is 1. The summed E-state index contributed by atoms with van der Waals surface area (Å²) in [6, 6.07) is 6.88. The summed E-state index contributed by atoms with van der Waals surface area (Å²) in [6.45, 7) is 4.01. The van der Waals surface area contributed by atoms with Gasteiger partial charge in [0, 0.05) is 6.54 Å². The first kappa shape index (κ1) is 15.4. The molecule has 0 saturated carbocycles. The smallest absolute Gasteiger partial charge is 0.261 e. The van der Waals surface area contributed by atoms with Crippen LogP contribution in [-0.2, 0) is 0 Å². The minimum absolute atomic E-state index is 0.225. The van der Waals surface area contributed by atoms with Crippen molar-refractivity contribution in [3.05, 3.63) is 48.0 Å². The van der Waals surface area contributed by atoms with E-state index in [4.69, 9.17) is 0 Å². The molecule has 4 nitrogen and oxygen atoms in total. The van der Waals surface area contributed by atoms with Crippen LogP contribution in [0.2, 0.25) is 0 Å². The average molecular weight is 287 g/mol. The minimum Gasteiger partial charge on any atom is -0.393 e. The zero-order chi connectivity index (χ0) is 15.2. The summed E-state index contributed by atoms with van der Waals surface area (Å²) in [5, 5.41) is 9.83. The molecule has 4 heteroatoms. The monoisotopic (exact) mass is 287 g/mol. The van der Waals surface area contributed by atoms with Crippen LogP contribution in [0, 0.1) is 0 Å². The van der Waals surface area contributed by atoms with Gasteiger partial charge in [0.25, 0.3) is 11.8 Å². The predicted octanol–water partition coefficient (Wildman–Crippen LogP) is 2.78. The summed E-state index contributed by atoms with van der Waals surface area (Å²) < 4.78 is 0. The topological polar surface area (TPSA) is 57.6 Å². The molecule has 0 bridgehead atoms. The van der Waals surface area contributed by atoms with Gasteiger partial charge in [-0.15, -0.1) is 6.58 Å². The summed E-state index contributed by atoms with van der Waals surface area (Å²) in [7, 11) is 0. The lowest BCUT2D eigenvalue weighted by Crippen LogP contribution is -2.31. The first-order valence-corrected chi connectivity index (χ1v) is 7.39. The quantitative estimate of drug-likeness (QED) is 0.454. The van der Waals surface area contributed by atoms with Gasteiger partial charge < -0.3 is 5.11 Å². The summed E-state index contributed by atoms with van der Waals surface area (Å²) in [5.74, 6) is -0.450. The van der Waals surface area contributed by atoms with Gasteiger partial charge in [-0.2, -0.15) is 0 Å². The van der Waals surface area contributed by atoms with Crippen LogP contribution in [0.3, 0.4) is 0 Å². The third kappa shape index (κ3) is 3.58. The molecule has 21 heavy (non-hydrogen) atoms. The normalized spacial score (nSPS) is 15.2. The Labute approximate surface area is 125 Å². The molecule has 1 heterocycles. The molecule has 0 fully saturated rings. The third-order valence-electron chi connectivity index (χ3n) is 3.74. The van der Waals surface area contributed by atoms with Gasteiger partial charge in [-0.3, -0.25) is 14.5 Å². The Hall–Kier alpha value is -1.94. The third-order valence-corrected chi connectivity index (χ3v) is 3.74. The molecule has 1 aliphatic rings. The molecule has 1 aromatic rings. The van der Waals surface area contributed by atoms with Crippen LogP contribution >= 0.6 is 0 Å². The Morgan fingerprint density at radius 2 is 1.67 bits per heavy atom. The van der Waals surface area contributed by atoms with E-state index in [-0.39, 0.29) is 17.9 Å². The molecule has 2 rings (SSSR count). The second-order valence-electron chi connectivity index (χ2n) is 5.32. The van der Waals surface area contributed by atoms with E-state index in [1.54, 1.807) is 24.3 Å². The van der Waals surface area contributed by atoms with Gasteiger partial charge in [-0.05, 0) is 44.2 Å². The highest BCUT2D eigenvalue weighted by atomic mass is 16.3. The Morgan fingerprint density at radius 3 is 2.24 bits per heavy atom. The summed E-state index contributed by atoms with van der Waals surface area (Å²) in [5.41, 5.74) is 0.961. The molecule has 0 aromatic heterocycles. The number of allylic oxidation sites excluding steroid dienone is 1. The standard InChI is InChI=1S/C17H21NO3/c1-2-3-4-8-13(19)9-7-12-18-16(20)14-10-5-6-11-15(14)17(18)21/h2,5-6,10-11,13,19H,1,3-4,7-9,12H2/t13-/m1/s1. The minimum atomic E-state index is -0.375. The van der Waals surface area contributed by atoms with Crippen LogP contribution < -0.4 is 0 Å². The van der Waals surface area contributed by atoms with Crippen molar-refractivity contribution in [1.29, 1.82) is 0 Å². The molecule has 0 saturated heterocycles. The van der Waals surface area contributed by atoms with Crippen molar-refractivity contribution < 1.29 is 14.7 Å². The second kappa shape index (κ2) is 7.18. The zero-order valence-corrected chi connectivity index (χ0v) is 12.1. The highest BCUT2D eigenvalue weighted by Gasteiger charge is 2.34. The molecule has 0 aliphatic carbocycles. The fraction of sp³-hybridized carbons (Fsp3) is 0.412. The van der Waals surface area contributed by atoms with E-state index < -0.39 is 0 Å².